The molecule has 0 unspecified atom stereocenters. The molecule has 0 aliphatic heterocycles. The summed E-state index contributed by atoms with van der Waals surface area (Å²) in [6.07, 6.45) is 4.82. The molecule has 1 aromatic heterocycles. The summed E-state index contributed by atoms with van der Waals surface area (Å²) in [5.41, 5.74) is 2.65. The van der Waals surface area contributed by atoms with Crippen molar-refractivity contribution in [3.05, 3.63) is 36.0 Å². The summed E-state index contributed by atoms with van der Waals surface area (Å²) in [5, 5.41) is 4.80. The van der Waals surface area contributed by atoms with E-state index < -0.39 is 0 Å². The van der Waals surface area contributed by atoms with Crippen LogP contribution in [-0.4, -0.2) is 17.2 Å². The maximum Gasteiger partial charge on any atom is 0.122 e. The van der Waals surface area contributed by atoms with Crippen molar-refractivity contribution in [2.24, 2.45) is 5.92 Å². The van der Waals surface area contributed by atoms with Gasteiger partial charge in [-0.1, -0.05) is 32.0 Å². The zero-order chi connectivity index (χ0) is 13.9. The Morgan fingerprint density at radius 1 is 1.30 bits per heavy atom. The summed E-state index contributed by atoms with van der Waals surface area (Å²) in [7, 11) is 0. The highest BCUT2D eigenvalue weighted by Crippen LogP contribution is 2.29. The van der Waals surface area contributed by atoms with E-state index in [1.54, 1.807) is 0 Å². The number of hydrogen-bond acceptors (Lipinski definition) is 2. The molecule has 0 atom stereocenters. The molecule has 1 aliphatic rings. The smallest absolute Gasteiger partial charge is 0.122 e. The molecule has 0 radical (unpaired) electrons. The minimum Gasteiger partial charge on any atom is -0.360 e. The molecule has 20 heavy (non-hydrogen) atoms. The number of fused-ring (bicyclic) bond motifs is 1. The second kappa shape index (κ2) is 5.98. The van der Waals surface area contributed by atoms with Gasteiger partial charge in [-0.2, -0.15) is 0 Å². The molecule has 0 saturated heterocycles. The number of nitrogens with one attached hydrogen (secondary N) is 1. The van der Waals surface area contributed by atoms with Gasteiger partial charge in [-0.3, -0.25) is 0 Å². The number of aromatic nitrogens is 1. The Balaban J connectivity index is 1.76. The van der Waals surface area contributed by atoms with Crippen molar-refractivity contribution < 1.29 is 4.74 Å². The van der Waals surface area contributed by atoms with E-state index >= 15 is 0 Å². The van der Waals surface area contributed by atoms with Crippen molar-refractivity contribution in [3.8, 4) is 0 Å². The van der Waals surface area contributed by atoms with Crippen LogP contribution in [0.5, 0.6) is 0 Å². The molecule has 3 rings (SSSR count). The molecule has 1 aliphatic carbocycles. The second-order valence-electron chi connectivity index (χ2n) is 6.12. The fourth-order valence-electron chi connectivity index (χ4n) is 2.51. The lowest BCUT2D eigenvalue weighted by Crippen LogP contribution is -2.22. The van der Waals surface area contributed by atoms with Crippen LogP contribution >= 0.6 is 0 Å². The lowest BCUT2D eigenvalue weighted by Gasteiger charge is -2.12. The molecule has 0 bridgehead atoms. The SMILES string of the molecule is CC(C)NCc1cccc2ccn(COCC3CC3)c12. The molecule has 0 spiro atoms. The van der Waals surface area contributed by atoms with Gasteiger partial charge in [-0.25, -0.2) is 0 Å². The van der Waals surface area contributed by atoms with Gasteiger partial charge in [0, 0.05) is 18.8 Å². The first kappa shape index (κ1) is 13.7. The van der Waals surface area contributed by atoms with Gasteiger partial charge in [0.25, 0.3) is 0 Å². The van der Waals surface area contributed by atoms with Crippen molar-refractivity contribution in [2.45, 2.75) is 46.0 Å². The van der Waals surface area contributed by atoms with E-state index in [1.165, 1.54) is 29.3 Å². The fourth-order valence-corrected chi connectivity index (χ4v) is 2.51. The molecule has 3 nitrogen and oxygen atoms in total. The van der Waals surface area contributed by atoms with Gasteiger partial charge in [0.05, 0.1) is 12.1 Å². The first-order valence-corrected chi connectivity index (χ1v) is 7.62. The molecule has 1 fully saturated rings. The molecule has 2 aromatic rings. The number of hydrogen-bond donors (Lipinski definition) is 1. The Kier molecular flexibility index (Phi) is 4.08. The van der Waals surface area contributed by atoms with Crippen LogP contribution in [0.15, 0.2) is 30.5 Å². The number of para-hydroxylation sites is 1. The van der Waals surface area contributed by atoms with Crippen LogP contribution in [0.1, 0.15) is 32.3 Å². The highest BCUT2D eigenvalue weighted by molar-refractivity contribution is 5.83. The van der Waals surface area contributed by atoms with Gasteiger partial charge < -0.3 is 14.6 Å². The molecule has 108 valence electrons. The van der Waals surface area contributed by atoms with Gasteiger partial charge in [0.2, 0.25) is 0 Å². The number of rotatable bonds is 7. The molecule has 3 heteroatoms. The quantitative estimate of drug-likeness (QED) is 0.834. The van der Waals surface area contributed by atoms with Crippen molar-refractivity contribution in [2.75, 3.05) is 6.61 Å². The van der Waals surface area contributed by atoms with Gasteiger partial charge in [0.15, 0.2) is 0 Å². The van der Waals surface area contributed by atoms with Crippen molar-refractivity contribution >= 4 is 10.9 Å². The highest BCUT2D eigenvalue weighted by atomic mass is 16.5. The second-order valence-corrected chi connectivity index (χ2v) is 6.12. The van der Waals surface area contributed by atoms with Crippen molar-refractivity contribution in [3.63, 3.8) is 0 Å². The zero-order valence-electron chi connectivity index (χ0n) is 12.4. The lowest BCUT2D eigenvalue weighted by atomic mass is 10.1. The van der Waals surface area contributed by atoms with Crippen LogP contribution in [-0.2, 0) is 18.0 Å². The monoisotopic (exact) mass is 272 g/mol. The Hall–Kier alpha value is -1.32. The first-order valence-electron chi connectivity index (χ1n) is 7.62. The van der Waals surface area contributed by atoms with E-state index in [-0.39, 0.29) is 0 Å². The van der Waals surface area contributed by atoms with E-state index in [2.05, 4.69) is 54.2 Å². The van der Waals surface area contributed by atoms with E-state index in [1.807, 2.05) is 0 Å². The Morgan fingerprint density at radius 2 is 2.15 bits per heavy atom. The number of nitrogens with zero attached hydrogens (tertiary/aromatic N) is 1. The molecule has 1 N–H and O–H groups in total. The molecule has 1 saturated carbocycles. The van der Waals surface area contributed by atoms with Gasteiger partial charge in [-0.15, -0.1) is 0 Å². The predicted octanol–water partition coefficient (Wildman–Crippen LogP) is 3.52. The fraction of sp³-hybridized carbons (Fsp3) is 0.529. The highest BCUT2D eigenvalue weighted by Gasteiger charge is 2.21. The maximum absolute atomic E-state index is 5.83. The summed E-state index contributed by atoms with van der Waals surface area (Å²) in [4.78, 5) is 0. The maximum atomic E-state index is 5.83. The molecule has 1 heterocycles. The topological polar surface area (TPSA) is 26.2 Å². The standard InChI is InChI=1S/C17H24N2O/c1-13(2)18-10-16-5-3-4-15-8-9-19(17(15)16)12-20-11-14-6-7-14/h3-5,8-9,13-14,18H,6-7,10-12H2,1-2H3. The normalized spacial score (nSPS) is 15.3. The summed E-state index contributed by atoms with van der Waals surface area (Å²) in [6.45, 7) is 6.84. The summed E-state index contributed by atoms with van der Waals surface area (Å²) < 4.78 is 8.06. The first-order chi connectivity index (χ1) is 9.74. The third-order valence-electron chi connectivity index (χ3n) is 3.85. The van der Waals surface area contributed by atoms with E-state index in [4.69, 9.17) is 4.74 Å². The third kappa shape index (κ3) is 3.22. The van der Waals surface area contributed by atoms with Crippen LogP contribution in [0.2, 0.25) is 0 Å². The lowest BCUT2D eigenvalue weighted by molar-refractivity contribution is 0.0717. The van der Waals surface area contributed by atoms with Crippen LogP contribution in [0.25, 0.3) is 10.9 Å². The van der Waals surface area contributed by atoms with Gasteiger partial charge in [-0.05, 0) is 35.8 Å². The zero-order valence-corrected chi connectivity index (χ0v) is 12.4. The Bertz CT molecular complexity index is 569. The van der Waals surface area contributed by atoms with E-state index in [0.717, 1.165) is 19.1 Å². The minimum absolute atomic E-state index is 0.500. The summed E-state index contributed by atoms with van der Waals surface area (Å²) >= 11 is 0. The van der Waals surface area contributed by atoms with Crippen molar-refractivity contribution in [1.82, 2.24) is 9.88 Å². The van der Waals surface area contributed by atoms with Crippen LogP contribution in [0.4, 0.5) is 0 Å². The molecule has 0 amide bonds. The Morgan fingerprint density at radius 3 is 2.90 bits per heavy atom. The van der Waals surface area contributed by atoms with E-state index in [9.17, 15) is 0 Å². The number of benzene rings is 1. The minimum atomic E-state index is 0.500. The molecule has 1 aromatic carbocycles. The van der Waals surface area contributed by atoms with Crippen LogP contribution in [0.3, 0.4) is 0 Å². The van der Waals surface area contributed by atoms with Gasteiger partial charge in [0.1, 0.15) is 6.73 Å². The van der Waals surface area contributed by atoms with Crippen molar-refractivity contribution in [1.29, 1.82) is 0 Å². The molecular formula is C17H24N2O. The van der Waals surface area contributed by atoms with E-state index in [0.29, 0.717) is 12.8 Å². The van der Waals surface area contributed by atoms with Crippen LogP contribution < -0.4 is 5.32 Å². The average Bonchev–Trinajstić information content (AvgIpc) is 3.16. The largest absolute Gasteiger partial charge is 0.360 e. The summed E-state index contributed by atoms with van der Waals surface area (Å²) in [5.74, 6) is 0.818. The summed E-state index contributed by atoms with van der Waals surface area (Å²) in [6, 6.07) is 9.18. The Labute approximate surface area is 120 Å². The average molecular weight is 272 g/mol. The molecular weight excluding hydrogens is 248 g/mol. The number of ether oxygens (including phenoxy) is 1. The van der Waals surface area contributed by atoms with Crippen LogP contribution in [0, 0.1) is 5.92 Å². The predicted molar refractivity (Wildman–Crippen MR) is 82.6 cm³/mol. The third-order valence-corrected chi connectivity index (χ3v) is 3.85. The van der Waals surface area contributed by atoms with Gasteiger partial charge >= 0.3 is 0 Å².